The Morgan fingerprint density at radius 1 is 1.21 bits per heavy atom. The monoisotopic (exact) mass is 265 g/mol. The lowest BCUT2D eigenvalue weighted by Crippen LogP contribution is -2.35. The zero-order valence-corrected chi connectivity index (χ0v) is 11.0. The van der Waals surface area contributed by atoms with Gasteiger partial charge in [0.15, 0.2) is 0 Å². The van der Waals surface area contributed by atoms with E-state index in [0.29, 0.717) is 12.1 Å². The molecule has 0 radical (unpaired) electrons. The van der Waals surface area contributed by atoms with Gasteiger partial charge in [0, 0.05) is 13.1 Å². The number of benzene rings is 1. The summed E-state index contributed by atoms with van der Waals surface area (Å²) in [6.07, 6.45) is 0.842. The van der Waals surface area contributed by atoms with E-state index < -0.39 is 5.97 Å². The van der Waals surface area contributed by atoms with Crippen molar-refractivity contribution in [1.82, 2.24) is 4.90 Å². The van der Waals surface area contributed by atoms with Gasteiger partial charge in [-0.25, -0.2) is 4.79 Å². The predicted molar refractivity (Wildman–Crippen MR) is 71.1 cm³/mol. The molecule has 0 aromatic heterocycles. The van der Waals surface area contributed by atoms with Crippen LogP contribution in [0.3, 0.4) is 0 Å². The first-order valence-electron chi connectivity index (χ1n) is 6.30. The van der Waals surface area contributed by atoms with Gasteiger partial charge in [0.1, 0.15) is 0 Å². The van der Waals surface area contributed by atoms with Gasteiger partial charge in [0.2, 0.25) is 5.91 Å². The highest BCUT2D eigenvalue weighted by Crippen LogP contribution is 2.11. The number of carbonyl (C=O) groups is 2. The molecule has 1 aromatic rings. The molecule has 0 saturated carbocycles. The molecule has 2 N–H and O–H groups in total. The van der Waals surface area contributed by atoms with Crippen LogP contribution in [0.15, 0.2) is 24.3 Å². The third-order valence-corrected chi connectivity index (χ3v) is 2.81. The summed E-state index contributed by atoms with van der Waals surface area (Å²) in [6.45, 7) is 2.70. The lowest BCUT2D eigenvalue weighted by Gasteiger charge is -2.21. The van der Waals surface area contributed by atoms with Gasteiger partial charge in [-0.3, -0.25) is 4.79 Å². The van der Waals surface area contributed by atoms with Crippen molar-refractivity contribution in [3.05, 3.63) is 35.4 Å². The van der Waals surface area contributed by atoms with Crippen LogP contribution in [0, 0.1) is 0 Å². The van der Waals surface area contributed by atoms with E-state index in [1.54, 1.807) is 23.1 Å². The van der Waals surface area contributed by atoms with Crippen LogP contribution in [0.1, 0.15) is 29.3 Å². The third kappa shape index (κ3) is 4.37. The van der Waals surface area contributed by atoms with Crippen molar-refractivity contribution in [3.63, 3.8) is 0 Å². The van der Waals surface area contributed by atoms with E-state index in [-0.39, 0.29) is 31.0 Å². The standard InChI is InChI=1S/C14H19NO4/c1-2-7-15(8-9-16)13(17)10-11-5-3-4-6-12(11)14(18)19/h3-6,16H,2,7-10H2,1H3,(H,18,19). The minimum atomic E-state index is -1.03. The van der Waals surface area contributed by atoms with Crippen molar-refractivity contribution in [2.75, 3.05) is 19.7 Å². The number of hydrogen-bond acceptors (Lipinski definition) is 3. The quantitative estimate of drug-likeness (QED) is 0.775. The summed E-state index contributed by atoms with van der Waals surface area (Å²) in [7, 11) is 0. The largest absolute Gasteiger partial charge is 0.478 e. The van der Waals surface area contributed by atoms with Crippen LogP contribution in [0.5, 0.6) is 0 Å². The summed E-state index contributed by atoms with van der Waals surface area (Å²) in [5.41, 5.74) is 0.648. The first-order valence-corrected chi connectivity index (χ1v) is 6.30. The van der Waals surface area contributed by atoms with Crippen LogP contribution in [-0.4, -0.2) is 46.7 Å². The molecule has 0 bridgehead atoms. The molecule has 5 nitrogen and oxygen atoms in total. The second-order valence-corrected chi connectivity index (χ2v) is 4.24. The summed E-state index contributed by atoms with van der Waals surface area (Å²) >= 11 is 0. The highest BCUT2D eigenvalue weighted by atomic mass is 16.4. The molecule has 0 heterocycles. The second-order valence-electron chi connectivity index (χ2n) is 4.24. The Hall–Kier alpha value is -1.88. The first-order chi connectivity index (χ1) is 9.10. The molecule has 1 rings (SSSR count). The maximum absolute atomic E-state index is 12.1. The summed E-state index contributed by atoms with van der Waals surface area (Å²) in [5, 5.41) is 18.0. The summed E-state index contributed by atoms with van der Waals surface area (Å²) < 4.78 is 0. The average molecular weight is 265 g/mol. The number of aromatic carboxylic acids is 1. The highest BCUT2D eigenvalue weighted by molar-refractivity contribution is 5.91. The second kappa shape index (κ2) is 7.53. The zero-order valence-electron chi connectivity index (χ0n) is 11.0. The highest BCUT2D eigenvalue weighted by Gasteiger charge is 2.16. The summed E-state index contributed by atoms with van der Waals surface area (Å²) in [5.74, 6) is -1.20. The Morgan fingerprint density at radius 3 is 2.47 bits per heavy atom. The molecule has 0 aliphatic carbocycles. The van der Waals surface area contributed by atoms with Crippen LogP contribution < -0.4 is 0 Å². The zero-order chi connectivity index (χ0) is 14.3. The van der Waals surface area contributed by atoms with E-state index in [2.05, 4.69) is 0 Å². The molecule has 0 saturated heterocycles. The lowest BCUT2D eigenvalue weighted by molar-refractivity contribution is -0.131. The number of carbonyl (C=O) groups excluding carboxylic acids is 1. The van der Waals surface area contributed by atoms with E-state index >= 15 is 0 Å². The smallest absolute Gasteiger partial charge is 0.335 e. The Kier molecular flexibility index (Phi) is 6.02. The molecule has 0 unspecified atom stereocenters. The van der Waals surface area contributed by atoms with Gasteiger partial charge in [-0.1, -0.05) is 25.1 Å². The Balaban J connectivity index is 2.83. The number of amides is 1. The van der Waals surface area contributed by atoms with Crippen molar-refractivity contribution in [1.29, 1.82) is 0 Å². The van der Waals surface area contributed by atoms with E-state index in [1.807, 2.05) is 6.92 Å². The number of rotatable bonds is 7. The molecule has 1 aromatic carbocycles. The van der Waals surface area contributed by atoms with Gasteiger partial charge in [0.05, 0.1) is 18.6 Å². The first kappa shape index (κ1) is 15.2. The molecule has 0 spiro atoms. The molecule has 0 atom stereocenters. The molecule has 19 heavy (non-hydrogen) atoms. The molecule has 0 fully saturated rings. The minimum absolute atomic E-state index is 0.0441. The minimum Gasteiger partial charge on any atom is -0.478 e. The van der Waals surface area contributed by atoms with E-state index in [9.17, 15) is 9.59 Å². The van der Waals surface area contributed by atoms with Gasteiger partial charge < -0.3 is 15.1 Å². The van der Waals surface area contributed by atoms with Crippen molar-refractivity contribution in [2.45, 2.75) is 19.8 Å². The van der Waals surface area contributed by atoms with Gasteiger partial charge in [0.25, 0.3) is 0 Å². The third-order valence-electron chi connectivity index (χ3n) is 2.81. The fraction of sp³-hybridized carbons (Fsp3) is 0.429. The number of carboxylic acids is 1. The maximum atomic E-state index is 12.1. The van der Waals surface area contributed by atoms with E-state index in [4.69, 9.17) is 10.2 Å². The topological polar surface area (TPSA) is 77.8 Å². The molecule has 104 valence electrons. The fourth-order valence-electron chi connectivity index (χ4n) is 1.91. The van der Waals surface area contributed by atoms with Crippen LogP contribution in [0.2, 0.25) is 0 Å². The Bertz CT molecular complexity index is 439. The van der Waals surface area contributed by atoms with Crippen molar-refractivity contribution in [2.24, 2.45) is 0 Å². The Morgan fingerprint density at radius 2 is 1.89 bits per heavy atom. The number of carboxylic acid groups (broad SMARTS) is 1. The van der Waals surface area contributed by atoms with Crippen LogP contribution >= 0.6 is 0 Å². The van der Waals surface area contributed by atoms with Crippen LogP contribution in [0.4, 0.5) is 0 Å². The SMILES string of the molecule is CCCN(CCO)C(=O)Cc1ccccc1C(=O)O. The molecule has 5 heteroatoms. The molecule has 1 amide bonds. The van der Waals surface area contributed by atoms with Gasteiger partial charge in [-0.15, -0.1) is 0 Å². The maximum Gasteiger partial charge on any atom is 0.335 e. The predicted octanol–water partition coefficient (Wildman–Crippen LogP) is 1.16. The van der Waals surface area contributed by atoms with Crippen LogP contribution in [-0.2, 0) is 11.2 Å². The van der Waals surface area contributed by atoms with Crippen molar-refractivity contribution in [3.8, 4) is 0 Å². The molecule has 0 aliphatic rings. The van der Waals surface area contributed by atoms with Crippen LogP contribution in [0.25, 0.3) is 0 Å². The normalized spacial score (nSPS) is 10.2. The van der Waals surface area contributed by atoms with Gasteiger partial charge in [-0.2, -0.15) is 0 Å². The summed E-state index contributed by atoms with van der Waals surface area (Å²) in [6, 6.07) is 6.48. The molecular formula is C14H19NO4. The number of aliphatic hydroxyl groups excluding tert-OH is 1. The average Bonchev–Trinajstić information content (AvgIpc) is 2.38. The van der Waals surface area contributed by atoms with E-state index in [1.165, 1.54) is 6.07 Å². The fourth-order valence-corrected chi connectivity index (χ4v) is 1.91. The van der Waals surface area contributed by atoms with Gasteiger partial charge in [-0.05, 0) is 18.1 Å². The summed E-state index contributed by atoms with van der Waals surface area (Å²) in [4.78, 5) is 24.7. The number of aliphatic hydroxyl groups is 1. The number of nitrogens with zero attached hydrogens (tertiary/aromatic N) is 1. The van der Waals surface area contributed by atoms with Crippen molar-refractivity contribution >= 4 is 11.9 Å². The molecular weight excluding hydrogens is 246 g/mol. The van der Waals surface area contributed by atoms with Crippen molar-refractivity contribution < 1.29 is 19.8 Å². The molecule has 0 aliphatic heterocycles. The number of hydrogen-bond donors (Lipinski definition) is 2. The van der Waals surface area contributed by atoms with E-state index in [0.717, 1.165) is 6.42 Å². The lowest BCUT2D eigenvalue weighted by atomic mass is 10.0. The van der Waals surface area contributed by atoms with Gasteiger partial charge >= 0.3 is 5.97 Å². The Labute approximate surface area is 112 Å².